The van der Waals surface area contributed by atoms with Gasteiger partial charge in [-0.1, -0.05) is 79.6 Å². The predicted octanol–water partition coefficient (Wildman–Crippen LogP) is 6.23. The summed E-state index contributed by atoms with van der Waals surface area (Å²) in [6, 6.07) is 0.161. The Hall–Kier alpha value is -0.730. The van der Waals surface area contributed by atoms with Gasteiger partial charge < -0.3 is 10.2 Å². The first-order valence-electron chi connectivity index (χ1n) is 10.6. The molecule has 0 saturated carbocycles. The summed E-state index contributed by atoms with van der Waals surface area (Å²) in [5, 5.41) is 3.14. The maximum Gasteiger partial charge on any atom is 0.317 e. The average Bonchev–Trinajstić information content (AvgIpc) is 2.60. The fraction of sp³-hybridized carbons (Fsp3) is 0.952. The first kappa shape index (κ1) is 23.3. The minimum Gasteiger partial charge on any atom is -0.338 e. The van der Waals surface area contributed by atoms with Crippen LogP contribution >= 0.6 is 0 Å². The Morgan fingerprint density at radius 3 is 1.62 bits per heavy atom. The molecule has 0 aliphatic carbocycles. The molecule has 144 valence electrons. The highest BCUT2D eigenvalue weighted by molar-refractivity contribution is 5.74. The van der Waals surface area contributed by atoms with Crippen molar-refractivity contribution >= 4 is 6.03 Å². The van der Waals surface area contributed by atoms with Crippen LogP contribution in [0.4, 0.5) is 4.79 Å². The summed E-state index contributed by atoms with van der Waals surface area (Å²) in [6.07, 6.45) is 12.1. The van der Waals surface area contributed by atoms with Crippen LogP contribution in [0.2, 0.25) is 0 Å². The predicted molar refractivity (Wildman–Crippen MR) is 106 cm³/mol. The van der Waals surface area contributed by atoms with Crippen LogP contribution in [0.1, 0.15) is 98.8 Å². The summed E-state index contributed by atoms with van der Waals surface area (Å²) in [6.45, 7) is 13.9. The van der Waals surface area contributed by atoms with E-state index in [0.29, 0.717) is 11.8 Å². The number of hydrogen-bond acceptors (Lipinski definition) is 1. The molecule has 0 bridgehead atoms. The number of unbranched alkanes of at least 4 members (excludes halogenated alkanes) is 3. The van der Waals surface area contributed by atoms with Crippen LogP contribution in [0.15, 0.2) is 0 Å². The molecule has 0 aliphatic rings. The molecular formula is C21H44N2O. The largest absolute Gasteiger partial charge is 0.338 e. The zero-order chi connectivity index (χ0) is 18.2. The van der Waals surface area contributed by atoms with Gasteiger partial charge in [-0.15, -0.1) is 0 Å². The van der Waals surface area contributed by atoms with Crippen molar-refractivity contribution in [3.8, 4) is 0 Å². The molecule has 0 spiro atoms. The highest BCUT2D eigenvalue weighted by atomic mass is 16.2. The van der Waals surface area contributed by atoms with Crippen molar-refractivity contribution in [1.82, 2.24) is 10.2 Å². The molecule has 0 aromatic heterocycles. The van der Waals surface area contributed by atoms with E-state index >= 15 is 0 Å². The summed E-state index contributed by atoms with van der Waals surface area (Å²) in [5.41, 5.74) is 0. The molecule has 1 N–H and O–H groups in total. The van der Waals surface area contributed by atoms with Crippen molar-refractivity contribution in [3.05, 3.63) is 0 Å². The van der Waals surface area contributed by atoms with E-state index in [0.717, 1.165) is 32.5 Å². The van der Waals surface area contributed by atoms with Gasteiger partial charge in [0, 0.05) is 19.6 Å². The third-order valence-corrected chi connectivity index (χ3v) is 5.14. The van der Waals surface area contributed by atoms with E-state index in [2.05, 4.69) is 44.8 Å². The van der Waals surface area contributed by atoms with E-state index in [1.807, 2.05) is 0 Å². The van der Waals surface area contributed by atoms with Gasteiger partial charge in [0.15, 0.2) is 0 Å². The van der Waals surface area contributed by atoms with Gasteiger partial charge in [-0.05, 0) is 31.1 Å². The summed E-state index contributed by atoms with van der Waals surface area (Å²) < 4.78 is 0. The molecule has 0 rings (SSSR count). The summed E-state index contributed by atoms with van der Waals surface area (Å²) >= 11 is 0. The number of hydrogen-bond donors (Lipinski definition) is 1. The van der Waals surface area contributed by atoms with E-state index in [-0.39, 0.29) is 6.03 Å². The van der Waals surface area contributed by atoms with Gasteiger partial charge in [-0.25, -0.2) is 4.79 Å². The molecule has 24 heavy (non-hydrogen) atoms. The van der Waals surface area contributed by atoms with E-state index in [4.69, 9.17) is 0 Å². The SMILES string of the molecule is CCCCNC(=O)N(CC(CC)CCCC)CC(CC)CCCC. The second-order valence-corrected chi connectivity index (χ2v) is 7.32. The van der Waals surface area contributed by atoms with E-state index in [1.165, 1.54) is 51.4 Å². The van der Waals surface area contributed by atoms with Crippen LogP contribution in [0.3, 0.4) is 0 Å². The first-order chi connectivity index (χ1) is 11.6. The fourth-order valence-corrected chi connectivity index (χ4v) is 3.18. The number of urea groups is 1. The van der Waals surface area contributed by atoms with Crippen LogP contribution in [0, 0.1) is 11.8 Å². The number of nitrogens with one attached hydrogen (secondary N) is 1. The smallest absolute Gasteiger partial charge is 0.317 e. The summed E-state index contributed by atoms with van der Waals surface area (Å²) in [5.74, 6) is 1.29. The maximum atomic E-state index is 12.7. The van der Waals surface area contributed by atoms with Crippen molar-refractivity contribution < 1.29 is 4.79 Å². The topological polar surface area (TPSA) is 32.3 Å². The zero-order valence-electron chi connectivity index (χ0n) is 17.2. The van der Waals surface area contributed by atoms with E-state index in [9.17, 15) is 4.79 Å². The van der Waals surface area contributed by atoms with Gasteiger partial charge in [0.2, 0.25) is 0 Å². The molecule has 0 fully saturated rings. The molecule has 3 heteroatoms. The molecule has 0 radical (unpaired) electrons. The Labute approximate surface area is 152 Å². The second-order valence-electron chi connectivity index (χ2n) is 7.32. The lowest BCUT2D eigenvalue weighted by atomic mass is 9.96. The molecular weight excluding hydrogens is 296 g/mol. The molecule has 0 aromatic carbocycles. The first-order valence-corrected chi connectivity index (χ1v) is 10.6. The molecule has 0 heterocycles. The van der Waals surface area contributed by atoms with Gasteiger partial charge in [0.05, 0.1) is 0 Å². The van der Waals surface area contributed by atoms with Gasteiger partial charge in [-0.3, -0.25) is 0 Å². The fourth-order valence-electron chi connectivity index (χ4n) is 3.18. The average molecular weight is 341 g/mol. The molecule has 0 saturated heterocycles. The Morgan fingerprint density at radius 2 is 1.25 bits per heavy atom. The number of carbonyl (C=O) groups is 1. The van der Waals surface area contributed by atoms with Gasteiger partial charge in [-0.2, -0.15) is 0 Å². The third kappa shape index (κ3) is 10.9. The van der Waals surface area contributed by atoms with Crippen molar-refractivity contribution in [2.45, 2.75) is 98.8 Å². The Kier molecular flexibility index (Phi) is 15.3. The van der Waals surface area contributed by atoms with Crippen LogP contribution in [-0.2, 0) is 0 Å². The standard InChI is InChI=1S/C21H44N2O/c1-6-11-14-19(9-4)17-23(21(24)22-16-13-8-3)18-20(10-5)15-12-7-2/h19-20H,6-18H2,1-5H3,(H,22,24). The lowest BCUT2D eigenvalue weighted by Crippen LogP contribution is -2.45. The molecule has 2 amide bonds. The Bertz CT molecular complexity index is 276. The minimum atomic E-state index is 0.161. The third-order valence-electron chi connectivity index (χ3n) is 5.14. The van der Waals surface area contributed by atoms with Crippen molar-refractivity contribution in [2.24, 2.45) is 11.8 Å². The maximum absolute atomic E-state index is 12.7. The van der Waals surface area contributed by atoms with Crippen LogP contribution in [0.5, 0.6) is 0 Å². The second kappa shape index (κ2) is 15.8. The Balaban J connectivity index is 4.74. The van der Waals surface area contributed by atoms with Gasteiger partial charge in [0.1, 0.15) is 0 Å². The van der Waals surface area contributed by atoms with Crippen molar-refractivity contribution in [2.75, 3.05) is 19.6 Å². The number of carbonyl (C=O) groups excluding carboxylic acids is 1. The lowest BCUT2D eigenvalue weighted by Gasteiger charge is -2.31. The minimum absolute atomic E-state index is 0.161. The molecule has 0 aromatic rings. The van der Waals surface area contributed by atoms with Crippen LogP contribution < -0.4 is 5.32 Å². The van der Waals surface area contributed by atoms with Gasteiger partial charge in [0.25, 0.3) is 0 Å². The van der Waals surface area contributed by atoms with Crippen molar-refractivity contribution in [1.29, 1.82) is 0 Å². The normalized spacial score (nSPS) is 13.5. The van der Waals surface area contributed by atoms with E-state index in [1.54, 1.807) is 0 Å². The van der Waals surface area contributed by atoms with Crippen LogP contribution in [0.25, 0.3) is 0 Å². The lowest BCUT2D eigenvalue weighted by molar-refractivity contribution is 0.168. The molecule has 0 aliphatic heterocycles. The molecule has 2 unspecified atom stereocenters. The highest BCUT2D eigenvalue weighted by Crippen LogP contribution is 2.19. The number of nitrogens with zero attached hydrogens (tertiary/aromatic N) is 1. The van der Waals surface area contributed by atoms with Crippen LogP contribution in [-0.4, -0.2) is 30.6 Å². The van der Waals surface area contributed by atoms with E-state index < -0.39 is 0 Å². The zero-order valence-corrected chi connectivity index (χ0v) is 17.2. The number of amides is 2. The van der Waals surface area contributed by atoms with Crippen molar-refractivity contribution in [3.63, 3.8) is 0 Å². The summed E-state index contributed by atoms with van der Waals surface area (Å²) in [4.78, 5) is 14.8. The highest BCUT2D eigenvalue weighted by Gasteiger charge is 2.20. The quantitative estimate of drug-likeness (QED) is 0.352. The molecule has 3 nitrogen and oxygen atoms in total. The van der Waals surface area contributed by atoms with Gasteiger partial charge >= 0.3 is 6.03 Å². The monoisotopic (exact) mass is 340 g/mol. The number of rotatable bonds is 15. The molecule has 2 atom stereocenters. The Morgan fingerprint density at radius 1 is 0.792 bits per heavy atom. The summed E-state index contributed by atoms with van der Waals surface area (Å²) in [7, 11) is 0.